The Bertz CT molecular complexity index is 2310. The molecule has 0 N–H and O–H groups in total. The molecule has 1 nitrogen and oxygen atoms in total. The molecule has 0 spiro atoms. The van der Waals surface area contributed by atoms with Gasteiger partial charge in [-0.05, 0) is 75.0 Å². The van der Waals surface area contributed by atoms with Crippen LogP contribution in [0.1, 0.15) is 55.4 Å². The number of para-hydroxylation sites is 2. The van der Waals surface area contributed by atoms with Crippen LogP contribution in [0, 0.1) is 0 Å². The average Bonchev–Trinajstić information content (AvgIpc) is 3.19. The van der Waals surface area contributed by atoms with Gasteiger partial charge in [-0.2, -0.15) is 0 Å². The summed E-state index contributed by atoms with van der Waals surface area (Å²) < 4.78 is 0. The largest absolute Gasteiger partial charge is 0.309 e. The van der Waals surface area contributed by atoms with Gasteiger partial charge in [-0.1, -0.05) is 185 Å². The first-order valence-corrected chi connectivity index (χ1v) is 18.1. The molecule has 0 saturated heterocycles. The van der Waals surface area contributed by atoms with Gasteiger partial charge in [-0.25, -0.2) is 0 Å². The zero-order valence-corrected chi connectivity index (χ0v) is 29.6. The second kappa shape index (κ2) is 13.8. The zero-order chi connectivity index (χ0) is 34.8. The summed E-state index contributed by atoms with van der Waals surface area (Å²) in [6, 6.07) is 64.4. The SMILES string of the molecule is CC(C)(C)c1ccc(N(c2ccccc2-c2ccccc2)c2ccccc2-c2cccc3c2C(c2ccccc2)CC=C3)c(-c2ccccc2)c1. The lowest BCUT2D eigenvalue weighted by Gasteiger charge is -2.33. The van der Waals surface area contributed by atoms with Gasteiger partial charge >= 0.3 is 0 Å². The molecule has 0 fully saturated rings. The van der Waals surface area contributed by atoms with E-state index in [-0.39, 0.29) is 11.3 Å². The molecule has 1 heteroatoms. The third-order valence-electron chi connectivity index (χ3n) is 10.2. The van der Waals surface area contributed by atoms with Crippen LogP contribution in [0.3, 0.4) is 0 Å². The fourth-order valence-electron chi connectivity index (χ4n) is 7.65. The summed E-state index contributed by atoms with van der Waals surface area (Å²) in [5.41, 5.74) is 16.0. The Labute approximate surface area is 303 Å². The maximum Gasteiger partial charge on any atom is 0.0540 e. The minimum absolute atomic E-state index is 0.00415. The summed E-state index contributed by atoms with van der Waals surface area (Å²) in [6.07, 6.45) is 5.62. The van der Waals surface area contributed by atoms with Crippen molar-refractivity contribution in [2.45, 2.75) is 38.5 Å². The summed E-state index contributed by atoms with van der Waals surface area (Å²) in [6.45, 7) is 6.89. The van der Waals surface area contributed by atoms with Crippen molar-refractivity contribution in [3.8, 4) is 33.4 Å². The Balaban J connectivity index is 1.43. The summed E-state index contributed by atoms with van der Waals surface area (Å²) in [5, 5.41) is 0. The quantitative estimate of drug-likeness (QED) is 0.165. The van der Waals surface area contributed by atoms with Gasteiger partial charge in [0.05, 0.1) is 17.1 Å². The molecule has 0 aromatic heterocycles. The maximum atomic E-state index is 2.52. The molecule has 7 aromatic carbocycles. The van der Waals surface area contributed by atoms with Crippen LogP contribution in [-0.4, -0.2) is 0 Å². The lowest BCUT2D eigenvalue weighted by atomic mass is 9.78. The summed E-state index contributed by atoms with van der Waals surface area (Å²) in [5.74, 6) is 0.270. The fourth-order valence-corrected chi connectivity index (χ4v) is 7.65. The van der Waals surface area contributed by atoms with Gasteiger partial charge in [0, 0.05) is 22.6 Å². The molecule has 1 atom stereocenters. The minimum atomic E-state index is -0.00415. The Morgan fingerprint density at radius 2 is 1.00 bits per heavy atom. The van der Waals surface area contributed by atoms with Crippen LogP contribution in [0.15, 0.2) is 182 Å². The van der Waals surface area contributed by atoms with E-state index in [4.69, 9.17) is 0 Å². The molecule has 248 valence electrons. The van der Waals surface area contributed by atoms with E-state index in [9.17, 15) is 0 Å². The standard InChI is InChI=1S/C50H43N/c1-50(2,3)40-33-34-48(45(35-40)38-23-11-6-12-24-38)51(46-31-15-13-27-41(46)36-19-7-4-8-20-36)47-32-16-14-28-43(47)44-30-18-26-39-25-17-29-42(49(39)44)37-21-9-5-10-22-37/h4-28,30-35,42H,29H2,1-3H3. The highest BCUT2D eigenvalue weighted by atomic mass is 15.1. The minimum Gasteiger partial charge on any atom is -0.309 e. The van der Waals surface area contributed by atoms with Crippen LogP contribution in [0.4, 0.5) is 17.1 Å². The second-order valence-corrected chi connectivity index (χ2v) is 14.5. The number of anilines is 3. The lowest BCUT2D eigenvalue weighted by Crippen LogP contribution is -2.16. The summed E-state index contributed by atoms with van der Waals surface area (Å²) >= 11 is 0. The highest BCUT2D eigenvalue weighted by Gasteiger charge is 2.28. The summed E-state index contributed by atoms with van der Waals surface area (Å²) in [7, 11) is 0. The molecule has 1 aliphatic rings. The summed E-state index contributed by atoms with van der Waals surface area (Å²) in [4.78, 5) is 2.52. The molecule has 0 bridgehead atoms. The van der Waals surface area contributed by atoms with Crippen molar-refractivity contribution >= 4 is 23.1 Å². The number of fused-ring (bicyclic) bond motifs is 1. The Kier molecular flexibility index (Phi) is 8.72. The zero-order valence-electron chi connectivity index (χ0n) is 29.6. The molecule has 0 saturated carbocycles. The van der Waals surface area contributed by atoms with Gasteiger partial charge in [-0.3, -0.25) is 0 Å². The van der Waals surface area contributed by atoms with E-state index in [1.54, 1.807) is 0 Å². The molecule has 0 aliphatic heterocycles. The monoisotopic (exact) mass is 657 g/mol. The highest BCUT2D eigenvalue weighted by Crippen LogP contribution is 2.50. The predicted molar refractivity (Wildman–Crippen MR) is 218 cm³/mol. The number of hydrogen-bond acceptors (Lipinski definition) is 1. The van der Waals surface area contributed by atoms with E-state index < -0.39 is 0 Å². The third kappa shape index (κ3) is 6.33. The van der Waals surface area contributed by atoms with E-state index in [0.29, 0.717) is 0 Å². The third-order valence-corrected chi connectivity index (χ3v) is 10.2. The van der Waals surface area contributed by atoms with Crippen molar-refractivity contribution < 1.29 is 0 Å². The van der Waals surface area contributed by atoms with Crippen LogP contribution >= 0.6 is 0 Å². The molecule has 0 radical (unpaired) electrons. The number of allylic oxidation sites excluding steroid dienone is 1. The number of hydrogen-bond donors (Lipinski definition) is 0. The molecule has 0 amide bonds. The average molecular weight is 658 g/mol. The van der Waals surface area contributed by atoms with Crippen molar-refractivity contribution in [1.29, 1.82) is 0 Å². The lowest BCUT2D eigenvalue weighted by molar-refractivity contribution is 0.590. The molecule has 1 unspecified atom stereocenters. The van der Waals surface area contributed by atoms with Crippen molar-refractivity contribution in [2.75, 3.05) is 4.90 Å². The number of nitrogens with zero attached hydrogens (tertiary/aromatic N) is 1. The van der Waals surface area contributed by atoms with Gasteiger partial charge in [0.1, 0.15) is 0 Å². The maximum absolute atomic E-state index is 2.52. The Hall–Kier alpha value is -5.92. The molecule has 7 aromatic rings. The van der Waals surface area contributed by atoms with E-state index in [0.717, 1.165) is 23.5 Å². The van der Waals surface area contributed by atoms with E-state index in [2.05, 4.69) is 214 Å². The van der Waals surface area contributed by atoms with E-state index in [1.807, 2.05) is 0 Å². The number of rotatable bonds is 7. The molecule has 51 heavy (non-hydrogen) atoms. The normalized spacial score (nSPS) is 13.8. The molecule has 0 heterocycles. The Morgan fingerprint density at radius 1 is 0.471 bits per heavy atom. The molecular weight excluding hydrogens is 615 g/mol. The molecular formula is C50H43N. The van der Waals surface area contributed by atoms with Crippen LogP contribution in [-0.2, 0) is 5.41 Å². The van der Waals surface area contributed by atoms with E-state index >= 15 is 0 Å². The van der Waals surface area contributed by atoms with Crippen LogP contribution in [0.5, 0.6) is 0 Å². The van der Waals surface area contributed by atoms with Crippen LogP contribution in [0.2, 0.25) is 0 Å². The molecule has 1 aliphatic carbocycles. The first-order valence-electron chi connectivity index (χ1n) is 18.1. The van der Waals surface area contributed by atoms with Crippen molar-refractivity contribution in [3.63, 3.8) is 0 Å². The van der Waals surface area contributed by atoms with Gasteiger partial charge in [-0.15, -0.1) is 0 Å². The first kappa shape index (κ1) is 32.3. The van der Waals surface area contributed by atoms with Crippen molar-refractivity contribution in [3.05, 3.63) is 204 Å². The van der Waals surface area contributed by atoms with Gasteiger partial charge in [0.15, 0.2) is 0 Å². The predicted octanol–water partition coefficient (Wildman–Crippen LogP) is 14.0. The first-order chi connectivity index (χ1) is 25.0. The van der Waals surface area contributed by atoms with Crippen LogP contribution < -0.4 is 4.90 Å². The van der Waals surface area contributed by atoms with Gasteiger partial charge < -0.3 is 4.90 Å². The molecule has 8 rings (SSSR count). The number of benzene rings is 7. The topological polar surface area (TPSA) is 3.24 Å². The van der Waals surface area contributed by atoms with Gasteiger partial charge in [0.2, 0.25) is 0 Å². The second-order valence-electron chi connectivity index (χ2n) is 14.5. The van der Waals surface area contributed by atoms with E-state index in [1.165, 1.54) is 55.6 Å². The van der Waals surface area contributed by atoms with Crippen molar-refractivity contribution in [1.82, 2.24) is 0 Å². The van der Waals surface area contributed by atoms with Gasteiger partial charge in [0.25, 0.3) is 0 Å². The van der Waals surface area contributed by atoms with Crippen LogP contribution in [0.25, 0.3) is 39.5 Å². The smallest absolute Gasteiger partial charge is 0.0540 e. The fraction of sp³-hybridized carbons (Fsp3) is 0.120. The highest BCUT2D eigenvalue weighted by molar-refractivity contribution is 5.98. The van der Waals surface area contributed by atoms with Crippen molar-refractivity contribution in [2.24, 2.45) is 0 Å². The Morgan fingerprint density at radius 3 is 1.67 bits per heavy atom.